The van der Waals surface area contributed by atoms with Gasteiger partial charge in [-0.1, -0.05) is 6.42 Å². The quantitative estimate of drug-likeness (QED) is 0.930. The van der Waals surface area contributed by atoms with Crippen LogP contribution >= 0.6 is 0 Å². The van der Waals surface area contributed by atoms with Gasteiger partial charge in [0.05, 0.1) is 24.3 Å². The van der Waals surface area contributed by atoms with Gasteiger partial charge < -0.3 is 5.73 Å². The molecule has 2 N–H and O–H groups in total. The van der Waals surface area contributed by atoms with Crippen LogP contribution in [-0.2, 0) is 6.42 Å². The molecule has 2 aromatic rings. The first-order valence-corrected chi connectivity index (χ1v) is 7.48. The minimum Gasteiger partial charge on any atom is -0.396 e. The second-order valence-electron chi connectivity index (χ2n) is 6.01. The largest absolute Gasteiger partial charge is 0.396 e. The molecule has 0 bridgehead atoms. The van der Waals surface area contributed by atoms with E-state index in [1.807, 2.05) is 12.4 Å². The van der Waals surface area contributed by atoms with Crippen molar-refractivity contribution in [1.82, 2.24) is 19.5 Å². The number of nitrogen functional groups attached to an aromatic ring is 1. The molecule has 2 aromatic heterocycles. The highest BCUT2D eigenvalue weighted by Gasteiger charge is 2.25. The first-order valence-electron chi connectivity index (χ1n) is 7.48. The van der Waals surface area contributed by atoms with Gasteiger partial charge in [0.15, 0.2) is 5.65 Å². The monoisotopic (exact) mass is 273 g/mol. The molecular weight excluding hydrogens is 250 g/mol. The van der Waals surface area contributed by atoms with E-state index in [0.29, 0.717) is 17.8 Å². The maximum atomic E-state index is 5.75. The van der Waals surface area contributed by atoms with E-state index >= 15 is 0 Å². The Balaban J connectivity index is 1.84. The molecule has 0 spiro atoms. The third-order valence-corrected chi connectivity index (χ3v) is 4.24. The number of fused-ring (bicyclic) bond motifs is 1. The van der Waals surface area contributed by atoms with Gasteiger partial charge in [-0.2, -0.15) is 5.10 Å². The van der Waals surface area contributed by atoms with E-state index in [1.165, 1.54) is 31.4 Å². The van der Waals surface area contributed by atoms with E-state index in [4.69, 9.17) is 5.73 Å². The Morgan fingerprint density at radius 1 is 1.35 bits per heavy atom. The molecule has 108 valence electrons. The SMILES string of the molecule is CC(C)N1CCCCC1Cc1cnn2cc(N)cnc12. The summed E-state index contributed by atoms with van der Waals surface area (Å²) in [5.74, 6) is 0. The lowest BCUT2D eigenvalue weighted by molar-refractivity contribution is 0.112. The second-order valence-corrected chi connectivity index (χ2v) is 6.01. The number of rotatable bonds is 3. The highest BCUT2D eigenvalue weighted by molar-refractivity contribution is 5.49. The molecule has 1 aliphatic heterocycles. The molecule has 3 heterocycles. The van der Waals surface area contributed by atoms with Crippen LogP contribution in [0.4, 0.5) is 5.69 Å². The predicted octanol–water partition coefficient (Wildman–Crippen LogP) is 2.12. The van der Waals surface area contributed by atoms with Gasteiger partial charge in [-0.15, -0.1) is 0 Å². The van der Waals surface area contributed by atoms with Crippen molar-refractivity contribution in [2.24, 2.45) is 0 Å². The Morgan fingerprint density at radius 2 is 2.20 bits per heavy atom. The third-order valence-electron chi connectivity index (χ3n) is 4.24. The number of aromatic nitrogens is 3. The van der Waals surface area contributed by atoms with Crippen molar-refractivity contribution in [3.8, 4) is 0 Å². The number of piperidine rings is 1. The van der Waals surface area contributed by atoms with Gasteiger partial charge in [-0.05, 0) is 39.7 Å². The van der Waals surface area contributed by atoms with Crippen LogP contribution in [0.25, 0.3) is 5.65 Å². The summed E-state index contributed by atoms with van der Waals surface area (Å²) in [7, 11) is 0. The lowest BCUT2D eigenvalue weighted by Crippen LogP contribution is -2.44. The zero-order valence-electron chi connectivity index (χ0n) is 12.3. The number of likely N-dealkylation sites (tertiary alicyclic amines) is 1. The summed E-state index contributed by atoms with van der Waals surface area (Å²) >= 11 is 0. The fourth-order valence-electron chi connectivity index (χ4n) is 3.26. The molecule has 1 saturated heterocycles. The lowest BCUT2D eigenvalue weighted by atomic mass is 9.95. The van der Waals surface area contributed by atoms with Crippen LogP contribution in [0, 0.1) is 0 Å². The zero-order chi connectivity index (χ0) is 14.1. The summed E-state index contributed by atoms with van der Waals surface area (Å²) in [6.07, 6.45) is 10.4. The van der Waals surface area contributed by atoms with Gasteiger partial charge >= 0.3 is 0 Å². The molecule has 1 aliphatic rings. The van der Waals surface area contributed by atoms with Crippen molar-refractivity contribution in [2.75, 3.05) is 12.3 Å². The van der Waals surface area contributed by atoms with Crippen molar-refractivity contribution in [2.45, 2.75) is 51.6 Å². The van der Waals surface area contributed by atoms with E-state index < -0.39 is 0 Å². The maximum absolute atomic E-state index is 5.75. The molecule has 0 amide bonds. The summed E-state index contributed by atoms with van der Waals surface area (Å²) < 4.78 is 1.78. The fourth-order valence-corrected chi connectivity index (χ4v) is 3.26. The molecule has 1 unspecified atom stereocenters. The summed E-state index contributed by atoms with van der Waals surface area (Å²) in [5.41, 5.74) is 8.56. The number of nitrogens with zero attached hydrogens (tertiary/aromatic N) is 4. The molecule has 0 radical (unpaired) electrons. The van der Waals surface area contributed by atoms with Gasteiger partial charge in [0, 0.05) is 17.6 Å². The lowest BCUT2D eigenvalue weighted by Gasteiger charge is -2.38. The minimum atomic E-state index is 0.603. The van der Waals surface area contributed by atoms with Crippen LogP contribution in [-0.4, -0.2) is 38.1 Å². The van der Waals surface area contributed by atoms with Crippen LogP contribution in [0.5, 0.6) is 0 Å². The topological polar surface area (TPSA) is 59.5 Å². The van der Waals surface area contributed by atoms with E-state index in [-0.39, 0.29) is 0 Å². The predicted molar refractivity (Wildman–Crippen MR) is 80.6 cm³/mol. The zero-order valence-corrected chi connectivity index (χ0v) is 12.3. The van der Waals surface area contributed by atoms with Crippen molar-refractivity contribution in [1.29, 1.82) is 0 Å². The Morgan fingerprint density at radius 3 is 3.00 bits per heavy atom. The highest BCUT2D eigenvalue weighted by Crippen LogP contribution is 2.24. The van der Waals surface area contributed by atoms with Gasteiger partial charge in [-0.3, -0.25) is 4.90 Å². The number of nitrogens with two attached hydrogens (primary N) is 1. The van der Waals surface area contributed by atoms with Crippen LogP contribution in [0.1, 0.15) is 38.7 Å². The maximum Gasteiger partial charge on any atom is 0.158 e. The fraction of sp³-hybridized carbons (Fsp3) is 0.600. The molecule has 0 aliphatic carbocycles. The standard InChI is InChI=1S/C15H23N5/c1-11(2)19-6-4-3-5-14(19)7-12-8-18-20-10-13(16)9-17-15(12)20/h8-11,14H,3-7,16H2,1-2H3. The molecule has 5 heteroatoms. The van der Waals surface area contributed by atoms with Gasteiger partial charge in [0.2, 0.25) is 0 Å². The Kier molecular flexibility index (Phi) is 3.61. The molecule has 20 heavy (non-hydrogen) atoms. The van der Waals surface area contributed by atoms with Crippen molar-refractivity contribution < 1.29 is 0 Å². The average Bonchev–Trinajstić information content (AvgIpc) is 2.81. The normalized spacial score (nSPS) is 20.9. The molecule has 3 rings (SSSR count). The van der Waals surface area contributed by atoms with Gasteiger partial charge in [0.25, 0.3) is 0 Å². The Hall–Kier alpha value is -1.62. The van der Waals surface area contributed by atoms with E-state index in [9.17, 15) is 0 Å². The molecule has 5 nitrogen and oxygen atoms in total. The summed E-state index contributed by atoms with van der Waals surface area (Å²) in [6, 6.07) is 1.21. The first kappa shape index (κ1) is 13.4. The van der Waals surface area contributed by atoms with Crippen molar-refractivity contribution in [3.63, 3.8) is 0 Å². The smallest absolute Gasteiger partial charge is 0.158 e. The Bertz CT molecular complexity index is 589. The molecule has 0 aromatic carbocycles. The number of hydrogen-bond acceptors (Lipinski definition) is 4. The first-order chi connectivity index (χ1) is 9.65. The van der Waals surface area contributed by atoms with Crippen LogP contribution in [0.2, 0.25) is 0 Å². The molecule has 1 atom stereocenters. The highest BCUT2D eigenvalue weighted by atomic mass is 15.2. The van der Waals surface area contributed by atoms with Crippen LogP contribution < -0.4 is 5.73 Å². The van der Waals surface area contributed by atoms with E-state index in [0.717, 1.165) is 12.1 Å². The van der Waals surface area contributed by atoms with Crippen LogP contribution in [0.15, 0.2) is 18.6 Å². The second kappa shape index (κ2) is 5.40. The molecular formula is C15H23N5. The summed E-state index contributed by atoms with van der Waals surface area (Å²) in [4.78, 5) is 7.05. The summed E-state index contributed by atoms with van der Waals surface area (Å²) in [6.45, 7) is 5.78. The molecule has 0 saturated carbocycles. The van der Waals surface area contributed by atoms with E-state index in [2.05, 4.69) is 28.8 Å². The van der Waals surface area contributed by atoms with Crippen molar-refractivity contribution >= 4 is 11.3 Å². The number of hydrogen-bond donors (Lipinski definition) is 1. The minimum absolute atomic E-state index is 0.603. The third kappa shape index (κ3) is 2.50. The van der Waals surface area contributed by atoms with Crippen LogP contribution in [0.3, 0.4) is 0 Å². The molecule has 1 fully saturated rings. The summed E-state index contributed by atoms with van der Waals surface area (Å²) in [5, 5.41) is 4.37. The Labute approximate surface area is 119 Å². The number of anilines is 1. The van der Waals surface area contributed by atoms with Gasteiger partial charge in [0.1, 0.15) is 0 Å². The van der Waals surface area contributed by atoms with Crippen molar-refractivity contribution in [3.05, 3.63) is 24.2 Å². The van der Waals surface area contributed by atoms with Gasteiger partial charge in [-0.25, -0.2) is 9.50 Å². The average molecular weight is 273 g/mol. The van der Waals surface area contributed by atoms with E-state index in [1.54, 1.807) is 10.7 Å².